The van der Waals surface area contributed by atoms with E-state index in [4.69, 9.17) is 26.4 Å². The predicted molar refractivity (Wildman–Crippen MR) is 120 cm³/mol. The number of hydrogen-bond donors (Lipinski definition) is 0. The molecule has 0 spiro atoms. The van der Waals surface area contributed by atoms with Gasteiger partial charge in [-0.15, -0.1) is 0 Å². The lowest BCUT2D eigenvalue weighted by molar-refractivity contribution is -0.122. The molecule has 1 heterocycles. The number of carbonyl (C=O) groups is 1. The van der Waals surface area contributed by atoms with Crippen molar-refractivity contribution in [2.24, 2.45) is 0 Å². The minimum atomic E-state index is -0.0699. The van der Waals surface area contributed by atoms with Gasteiger partial charge in [-0.3, -0.25) is 9.69 Å². The highest BCUT2D eigenvalue weighted by atomic mass is 32.2. The Bertz CT molecular complexity index is 899. The van der Waals surface area contributed by atoms with Crippen LogP contribution in [-0.4, -0.2) is 42.5 Å². The molecule has 3 rings (SSSR count). The maximum Gasteiger partial charge on any atom is 0.266 e. The van der Waals surface area contributed by atoms with Gasteiger partial charge >= 0.3 is 0 Å². The first-order valence-electron chi connectivity index (χ1n) is 9.21. The third kappa shape index (κ3) is 5.59. The van der Waals surface area contributed by atoms with Crippen molar-refractivity contribution in [2.45, 2.75) is 13.0 Å². The fraction of sp³-hybridized carbons (Fsp3) is 0.273. The van der Waals surface area contributed by atoms with Gasteiger partial charge in [-0.1, -0.05) is 60.4 Å². The van der Waals surface area contributed by atoms with Crippen molar-refractivity contribution in [2.75, 3.05) is 27.4 Å². The lowest BCUT2D eigenvalue weighted by Crippen LogP contribution is -2.29. The highest BCUT2D eigenvalue weighted by Crippen LogP contribution is 2.35. The fourth-order valence-corrected chi connectivity index (χ4v) is 4.15. The van der Waals surface area contributed by atoms with Crippen molar-refractivity contribution in [3.63, 3.8) is 0 Å². The number of hydrogen-bond acceptors (Lipinski definition) is 6. The molecule has 1 aliphatic rings. The molecule has 1 fully saturated rings. The summed E-state index contributed by atoms with van der Waals surface area (Å²) in [5.41, 5.74) is 1.93. The van der Waals surface area contributed by atoms with E-state index in [1.807, 2.05) is 54.6 Å². The Labute approximate surface area is 180 Å². The van der Waals surface area contributed by atoms with Gasteiger partial charge < -0.3 is 14.2 Å². The van der Waals surface area contributed by atoms with E-state index in [-0.39, 0.29) is 5.91 Å². The summed E-state index contributed by atoms with van der Waals surface area (Å²) in [4.78, 5) is 14.9. The number of methoxy groups -OCH3 is 2. The van der Waals surface area contributed by atoms with Crippen LogP contribution in [-0.2, 0) is 16.1 Å². The zero-order valence-electron chi connectivity index (χ0n) is 16.4. The van der Waals surface area contributed by atoms with E-state index in [1.54, 1.807) is 19.1 Å². The van der Waals surface area contributed by atoms with Crippen molar-refractivity contribution in [1.82, 2.24) is 4.90 Å². The van der Waals surface area contributed by atoms with Gasteiger partial charge in [-0.2, -0.15) is 0 Å². The summed E-state index contributed by atoms with van der Waals surface area (Å²) in [6.07, 6.45) is 2.58. The monoisotopic (exact) mass is 429 g/mol. The smallest absolute Gasteiger partial charge is 0.266 e. The molecule has 2 aromatic carbocycles. The third-order valence-corrected chi connectivity index (χ3v) is 5.70. The number of nitrogens with zero attached hydrogens (tertiary/aromatic N) is 1. The van der Waals surface area contributed by atoms with Gasteiger partial charge in [0.05, 0.1) is 12.0 Å². The van der Waals surface area contributed by atoms with Crippen LogP contribution in [0.2, 0.25) is 0 Å². The molecule has 0 bridgehead atoms. The molecule has 0 aromatic heterocycles. The first kappa shape index (κ1) is 21.4. The fourth-order valence-electron chi connectivity index (χ4n) is 2.84. The molecule has 1 aliphatic heterocycles. The average molecular weight is 430 g/mol. The van der Waals surface area contributed by atoms with Crippen LogP contribution in [0.3, 0.4) is 0 Å². The number of amides is 1. The second-order valence-corrected chi connectivity index (χ2v) is 8.04. The Balaban J connectivity index is 1.71. The molecule has 152 valence electrons. The number of rotatable bonds is 9. The number of thioether (sulfide) groups is 1. The molecule has 2 aromatic rings. The molecular formula is C22H23NO4S2. The summed E-state index contributed by atoms with van der Waals surface area (Å²) in [7, 11) is 3.24. The summed E-state index contributed by atoms with van der Waals surface area (Å²) in [5, 5.41) is 0. The Kier molecular flexibility index (Phi) is 7.69. The summed E-state index contributed by atoms with van der Waals surface area (Å²) in [5.74, 6) is 1.20. The molecule has 0 aliphatic carbocycles. The maximum atomic E-state index is 12.6. The topological polar surface area (TPSA) is 48.0 Å². The van der Waals surface area contributed by atoms with Gasteiger partial charge in [-0.05, 0) is 35.8 Å². The summed E-state index contributed by atoms with van der Waals surface area (Å²) in [6.45, 7) is 1.61. The van der Waals surface area contributed by atoms with Gasteiger partial charge in [0.2, 0.25) is 0 Å². The van der Waals surface area contributed by atoms with E-state index in [0.29, 0.717) is 40.5 Å². The van der Waals surface area contributed by atoms with Crippen LogP contribution >= 0.6 is 24.0 Å². The largest absolute Gasteiger partial charge is 0.493 e. The predicted octanol–water partition coefficient (Wildman–Crippen LogP) is 4.51. The van der Waals surface area contributed by atoms with Gasteiger partial charge in [0.15, 0.2) is 11.5 Å². The van der Waals surface area contributed by atoms with Crippen LogP contribution in [0.25, 0.3) is 6.08 Å². The zero-order chi connectivity index (χ0) is 20.6. The maximum absolute atomic E-state index is 12.6. The minimum absolute atomic E-state index is 0.0699. The Morgan fingerprint density at radius 1 is 1.10 bits per heavy atom. The van der Waals surface area contributed by atoms with E-state index in [2.05, 4.69) is 0 Å². The van der Waals surface area contributed by atoms with Crippen LogP contribution in [0.5, 0.6) is 11.5 Å². The SMILES string of the molecule is COCCCN1C(=O)/C(=C\c2ccc(OCc3ccccc3)c(OC)c2)SC1=S. The van der Waals surface area contributed by atoms with Crippen molar-refractivity contribution in [1.29, 1.82) is 0 Å². The molecule has 7 heteroatoms. The highest BCUT2D eigenvalue weighted by molar-refractivity contribution is 8.26. The normalized spacial score (nSPS) is 15.2. The molecule has 0 N–H and O–H groups in total. The van der Waals surface area contributed by atoms with Crippen LogP contribution in [0, 0.1) is 0 Å². The first-order valence-corrected chi connectivity index (χ1v) is 10.4. The molecule has 0 radical (unpaired) electrons. The van der Waals surface area contributed by atoms with E-state index in [9.17, 15) is 4.79 Å². The average Bonchev–Trinajstić information content (AvgIpc) is 3.01. The van der Waals surface area contributed by atoms with Gasteiger partial charge in [-0.25, -0.2) is 0 Å². The molecule has 0 saturated carbocycles. The Morgan fingerprint density at radius 3 is 2.62 bits per heavy atom. The van der Waals surface area contributed by atoms with Crippen molar-refractivity contribution in [3.8, 4) is 11.5 Å². The van der Waals surface area contributed by atoms with Crippen LogP contribution in [0.1, 0.15) is 17.5 Å². The summed E-state index contributed by atoms with van der Waals surface area (Å²) in [6, 6.07) is 15.6. The number of carbonyl (C=O) groups excluding carboxylic acids is 1. The third-order valence-electron chi connectivity index (χ3n) is 4.33. The second kappa shape index (κ2) is 10.4. The second-order valence-electron chi connectivity index (χ2n) is 6.36. The van der Waals surface area contributed by atoms with E-state index < -0.39 is 0 Å². The molecule has 0 atom stereocenters. The minimum Gasteiger partial charge on any atom is -0.493 e. The lowest BCUT2D eigenvalue weighted by atomic mass is 10.1. The number of ether oxygens (including phenoxy) is 3. The summed E-state index contributed by atoms with van der Waals surface area (Å²) >= 11 is 6.67. The molecule has 29 heavy (non-hydrogen) atoms. The molecule has 1 amide bonds. The van der Waals surface area contributed by atoms with E-state index in [0.717, 1.165) is 17.5 Å². The van der Waals surface area contributed by atoms with Crippen LogP contribution in [0.4, 0.5) is 0 Å². The Morgan fingerprint density at radius 2 is 1.90 bits per heavy atom. The zero-order valence-corrected chi connectivity index (χ0v) is 18.1. The van der Waals surface area contributed by atoms with Crippen molar-refractivity contribution in [3.05, 3.63) is 64.6 Å². The van der Waals surface area contributed by atoms with Crippen molar-refractivity contribution < 1.29 is 19.0 Å². The molecular weight excluding hydrogens is 406 g/mol. The number of thiocarbonyl (C=S) groups is 1. The highest BCUT2D eigenvalue weighted by Gasteiger charge is 2.31. The molecule has 0 unspecified atom stereocenters. The van der Waals surface area contributed by atoms with Crippen LogP contribution < -0.4 is 9.47 Å². The van der Waals surface area contributed by atoms with Gasteiger partial charge in [0.1, 0.15) is 10.9 Å². The number of benzene rings is 2. The van der Waals surface area contributed by atoms with E-state index >= 15 is 0 Å². The quantitative estimate of drug-likeness (QED) is 0.332. The summed E-state index contributed by atoms with van der Waals surface area (Å²) < 4.78 is 17.0. The van der Waals surface area contributed by atoms with E-state index in [1.165, 1.54) is 11.8 Å². The van der Waals surface area contributed by atoms with Crippen molar-refractivity contribution >= 4 is 40.3 Å². The molecule has 5 nitrogen and oxygen atoms in total. The molecule has 1 saturated heterocycles. The standard InChI is InChI=1S/C22H23NO4S2/c1-25-12-6-11-23-21(24)20(29-22(23)28)14-17-9-10-18(19(13-17)26-2)27-15-16-7-4-3-5-8-16/h3-5,7-10,13-14H,6,11-12,15H2,1-2H3/b20-14+. The van der Waals surface area contributed by atoms with Gasteiger partial charge in [0, 0.05) is 20.3 Å². The van der Waals surface area contributed by atoms with Gasteiger partial charge in [0.25, 0.3) is 5.91 Å². The van der Waals surface area contributed by atoms with Crippen LogP contribution in [0.15, 0.2) is 53.4 Å². The Hall–Kier alpha value is -2.35. The first-order chi connectivity index (χ1) is 14.1. The lowest BCUT2D eigenvalue weighted by Gasteiger charge is -2.13.